The average Bonchev–Trinajstić information content (AvgIpc) is 3.07. The van der Waals surface area contributed by atoms with Crippen LogP contribution in [0.5, 0.6) is 11.5 Å². The zero-order valence-corrected chi connectivity index (χ0v) is 23.7. The maximum atomic E-state index is 5.38. The summed E-state index contributed by atoms with van der Waals surface area (Å²) in [4.78, 5) is 4.50. The highest BCUT2D eigenvalue weighted by molar-refractivity contribution is 5.80. The Bertz CT molecular complexity index is 1570. The summed E-state index contributed by atoms with van der Waals surface area (Å²) in [5.41, 5.74) is 8.81. The molecule has 206 valence electrons. The number of anilines is 6. The van der Waals surface area contributed by atoms with Crippen molar-refractivity contribution >= 4 is 34.1 Å². The van der Waals surface area contributed by atoms with Gasteiger partial charge in [0.25, 0.3) is 0 Å². The molecule has 4 nitrogen and oxygen atoms in total. The van der Waals surface area contributed by atoms with Crippen molar-refractivity contribution in [3.63, 3.8) is 0 Å². The highest BCUT2D eigenvalue weighted by Crippen LogP contribution is 2.38. The van der Waals surface area contributed by atoms with Gasteiger partial charge in [0.05, 0.1) is 14.2 Å². The summed E-state index contributed by atoms with van der Waals surface area (Å²) in [6.07, 6.45) is 0. The Morgan fingerprint density at radius 1 is 0.310 bits per heavy atom. The molecule has 42 heavy (non-hydrogen) atoms. The van der Waals surface area contributed by atoms with Gasteiger partial charge in [-0.2, -0.15) is 0 Å². The third-order valence-corrected chi connectivity index (χ3v) is 7.27. The predicted molar refractivity (Wildman–Crippen MR) is 174 cm³/mol. The van der Waals surface area contributed by atoms with Gasteiger partial charge in [-0.25, -0.2) is 0 Å². The third-order valence-electron chi connectivity index (χ3n) is 7.27. The molecule has 0 aliphatic carbocycles. The molecule has 0 atom stereocenters. The molecular weight excluding hydrogens is 516 g/mol. The normalized spacial score (nSPS) is 10.6. The van der Waals surface area contributed by atoms with E-state index in [2.05, 4.69) is 131 Å². The van der Waals surface area contributed by atoms with E-state index in [1.165, 1.54) is 0 Å². The van der Waals surface area contributed by atoms with Gasteiger partial charge in [0.2, 0.25) is 0 Å². The quantitative estimate of drug-likeness (QED) is 0.179. The van der Waals surface area contributed by atoms with Crippen LogP contribution in [0.3, 0.4) is 0 Å². The molecule has 0 spiro atoms. The minimum absolute atomic E-state index is 0.836. The fourth-order valence-corrected chi connectivity index (χ4v) is 5.12. The van der Waals surface area contributed by atoms with E-state index in [4.69, 9.17) is 9.47 Å². The zero-order valence-electron chi connectivity index (χ0n) is 23.7. The third kappa shape index (κ3) is 5.70. The standard InChI is InChI=1S/C38H32N2O2/c1-41-37-25-21-35(22-26-37)39(31-9-5-3-6-10-31)33-17-13-29(14-18-33)30-15-19-34(20-16-30)40(32-11-7-4-8-12-32)36-23-27-38(42-2)28-24-36/h3-28H,1-2H3. The molecule has 0 unspecified atom stereocenters. The summed E-state index contributed by atoms with van der Waals surface area (Å²) in [6, 6.07) is 54.5. The van der Waals surface area contributed by atoms with E-state index in [9.17, 15) is 0 Å². The van der Waals surface area contributed by atoms with Crippen molar-refractivity contribution in [2.24, 2.45) is 0 Å². The first kappa shape index (κ1) is 26.7. The Morgan fingerprint density at radius 2 is 0.571 bits per heavy atom. The first-order chi connectivity index (χ1) is 20.7. The number of rotatable bonds is 9. The number of hydrogen-bond acceptors (Lipinski definition) is 4. The van der Waals surface area contributed by atoms with Gasteiger partial charge >= 0.3 is 0 Å². The van der Waals surface area contributed by atoms with Crippen molar-refractivity contribution in [2.75, 3.05) is 24.0 Å². The molecular formula is C38H32N2O2. The molecule has 0 amide bonds. The van der Waals surface area contributed by atoms with Crippen molar-refractivity contribution in [3.8, 4) is 22.6 Å². The molecule has 6 rings (SSSR count). The molecule has 6 aromatic carbocycles. The van der Waals surface area contributed by atoms with Gasteiger partial charge in [0, 0.05) is 34.1 Å². The number of hydrogen-bond donors (Lipinski definition) is 0. The number of benzene rings is 6. The van der Waals surface area contributed by atoms with Crippen LogP contribution in [-0.4, -0.2) is 14.2 Å². The lowest BCUT2D eigenvalue weighted by atomic mass is 10.0. The lowest BCUT2D eigenvalue weighted by molar-refractivity contribution is 0.414. The van der Waals surface area contributed by atoms with E-state index >= 15 is 0 Å². The van der Waals surface area contributed by atoms with Crippen molar-refractivity contribution < 1.29 is 9.47 Å². The van der Waals surface area contributed by atoms with E-state index in [-0.39, 0.29) is 0 Å². The van der Waals surface area contributed by atoms with Crippen molar-refractivity contribution in [3.05, 3.63) is 158 Å². The smallest absolute Gasteiger partial charge is 0.119 e. The van der Waals surface area contributed by atoms with Crippen LogP contribution >= 0.6 is 0 Å². The second kappa shape index (κ2) is 12.4. The Kier molecular flexibility index (Phi) is 7.87. The summed E-state index contributed by atoms with van der Waals surface area (Å²) >= 11 is 0. The predicted octanol–water partition coefficient (Wildman–Crippen LogP) is 10.3. The van der Waals surface area contributed by atoms with Crippen LogP contribution in [-0.2, 0) is 0 Å². The van der Waals surface area contributed by atoms with Crippen LogP contribution in [0.1, 0.15) is 0 Å². The number of para-hydroxylation sites is 2. The average molecular weight is 549 g/mol. The maximum Gasteiger partial charge on any atom is 0.119 e. The van der Waals surface area contributed by atoms with E-state index in [0.29, 0.717) is 0 Å². The van der Waals surface area contributed by atoms with E-state index in [1.807, 2.05) is 36.4 Å². The topological polar surface area (TPSA) is 24.9 Å². The van der Waals surface area contributed by atoms with Crippen LogP contribution < -0.4 is 19.3 Å². The molecule has 0 saturated carbocycles. The molecule has 6 aromatic rings. The van der Waals surface area contributed by atoms with Gasteiger partial charge in [-0.1, -0.05) is 60.7 Å². The van der Waals surface area contributed by atoms with Gasteiger partial charge in [-0.3, -0.25) is 0 Å². The minimum Gasteiger partial charge on any atom is -0.497 e. The van der Waals surface area contributed by atoms with Crippen LogP contribution in [0.2, 0.25) is 0 Å². The van der Waals surface area contributed by atoms with Gasteiger partial charge < -0.3 is 19.3 Å². The van der Waals surface area contributed by atoms with Crippen molar-refractivity contribution in [1.82, 2.24) is 0 Å². The summed E-state index contributed by atoms with van der Waals surface area (Å²) < 4.78 is 10.8. The maximum absolute atomic E-state index is 5.38. The Labute approximate surface area is 247 Å². The second-order valence-electron chi connectivity index (χ2n) is 9.83. The highest BCUT2D eigenvalue weighted by atomic mass is 16.5. The number of methoxy groups -OCH3 is 2. The molecule has 0 N–H and O–H groups in total. The molecule has 0 aliphatic heterocycles. The van der Waals surface area contributed by atoms with E-state index in [1.54, 1.807) is 14.2 Å². The van der Waals surface area contributed by atoms with Gasteiger partial charge in [-0.15, -0.1) is 0 Å². The van der Waals surface area contributed by atoms with Crippen LogP contribution in [0.25, 0.3) is 11.1 Å². The van der Waals surface area contributed by atoms with Crippen LogP contribution in [0.15, 0.2) is 158 Å². The summed E-state index contributed by atoms with van der Waals surface area (Å²) in [7, 11) is 3.38. The van der Waals surface area contributed by atoms with E-state index < -0.39 is 0 Å². The summed E-state index contributed by atoms with van der Waals surface area (Å²) in [5, 5.41) is 0. The zero-order chi connectivity index (χ0) is 28.7. The molecule has 0 heterocycles. The lowest BCUT2D eigenvalue weighted by Gasteiger charge is -2.26. The molecule has 0 aromatic heterocycles. The highest BCUT2D eigenvalue weighted by Gasteiger charge is 2.14. The number of nitrogens with zero attached hydrogens (tertiary/aromatic N) is 2. The fraction of sp³-hybridized carbons (Fsp3) is 0.0526. The Balaban J connectivity index is 1.30. The fourth-order valence-electron chi connectivity index (χ4n) is 5.12. The van der Waals surface area contributed by atoms with Gasteiger partial charge in [-0.05, 0) is 108 Å². The molecule has 0 radical (unpaired) electrons. The largest absolute Gasteiger partial charge is 0.497 e. The summed E-state index contributed by atoms with van der Waals surface area (Å²) in [6.45, 7) is 0. The molecule has 0 fully saturated rings. The minimum atomic E-state index is 0.836. The summed E-state index contributed by atoms with van der Waals surface area (Å²) in [5.74, 6) is 1.67. The molecule has 0 saturated heterocycles. The first-order valence-electron chi connectivity index (χ1n) is 13.9. The van der Waals surface area contributed by atoms with Gasteiger partial charge in [0.15, 0.2) is 0 Å². The SMILES string of the molecule is COc1ccc(N(c2ccccc2)c2ccc(-c3ccc(N(c4ccccc4)c4ccc(OC)cc4)cc3)cc2)cc1. The van der Waals surface area contributed by atoms with Crippen molar-refractivity contribution in [2.45, 2.75) is 0 Å². The lowest BCUT2D eigenvalue weighted by Crippen LogP contribution is -2.10. The van der Waals surface area contributed by atoms with Crippen molar-refractivity contribution in [1.29, 1.82) is 0 Å². The molecule has 0 bridgehead atoms. The Hall–Kier alpha value is -5.48. The molecule has 0 aliphatic rings. The molecule has 4 heteroatoms. The first-order valence-corrected chi connectivity index (χ1v) is 13.9. The van der Waals surface area contributed by atoms with Crippen LogP contribution in [0.4, 0.5) is 34.1 Å². The van der Waals surface area contributed by atoms with Gasteiger partial charge in [0.1, 0.15) is 11.5 Å². The second-order valence-corrected chi connectivity index (χ2v) is 9.83. The monoisotopic (exact) mass is 548 g/mol. The van der Waals surface area contributed by atoms with E-state index in [0.717, 1.165) is 56.8 Å². The van der Waals surface area contributed by atoms with Crippen LogP contribution in [0, 0.1) is 0 Å². The Morgan fingerprint density at radius 3 is 0.857 bits per heavy atom. The number of ether oxygens (including phenoxy) is 2.